The summed E-state index contributed by atoms with van der Waals surface area (Å²) < 4.78 is 12.8. The SMILES string of the molecule is CC(C)(C)Oc1ccc2c3c1O[C@H]1[C@@H](O)C=CC4[C@@H](C2)N(C(C)(C)C)CC[C@@]341. The number of nitrogens with zero attached hydrogens (tertiary/aromatic N) is 1. The number of hydrogen-bond acceptors (Lipinski definition) is 4. The van der Waals surface area contributed by atoms with Crippen LogP contribution in [0.25, 0.3) is 0 Å². The Hall–Kier alpha value is -1.52. The van der Waals surface area contributed by atoms with E-state index in [1.165, 1.54) is 11.1 Å². The second-order valence-corrected chi connectivity index (χ2v) is 11.0. The molecule has 4 aliphatic rings. The molecule has 2 aliphatic heterocycles. The van der Waals surface area contributed by atoms with Crippen molar-refractivity contribution in [2.45, 2.75) is 89.2 Å². The van der Waals surface area contributed by atoms with Gasteiger partial charge in [0, 0.05) is 28.5 Å². The molecule has 4 nitrogen and oxygen atoms in total. The lowest BCUT2D eigenvalue weighted by atomic mass is 9.53. The van der Waals surface area contributed by atoms with Gasteiger partial charge in [0.1, 0.15) is 17.8 Å². The lowest BCUT2D eigenvalue weighted by Gasteiger charge is -2.59. The number of aliphatic hydroxyl groups is 1. The first-order valence-corrected chi connectivity index (χ1v) is 10.7. The quantitative estimate of drug-likeness (QED) is 0.748. The van der Waals surface area contributed by atoms with Crippen LogP contribution in [0.2, 0.25) is 0 Å². The van der Waals surface area contributed by atoms with Gasteiger partial charge in [0.25, 0.3) is 0 Å². The minimum atomic E-state index is -0.570. The Morgan fingerprint density at radius 3 is 2.57 bits per heavy atom. The topological polar surface area (TPSA) is 41.9 Å². The van der Waals surface area contributed by atoms with Gasteiger partial charge in [0.05, 0.1) is 0 Å². The standard InChI is InChI=1S/C24H33NO3/c1-22(2,3)25-12-11-24-15-8-9-17(26)21(24)27-20-18(28-23(4,5)6)10-7-14(19(20)24)13-16(15)25/h7-10,15-17,21,26H,11-13H2,1-6H3/t15?,16-,17+,21+,24+/m1/s1. The third-order valence-corrected chi connectivity index (χ3v) is 7.13. The number of rotatable bonds is 1. The molecule has 1 N–H and O–H groups in total. The van der Waals surface area contributed by atoms with Crippen molar-refractivity contribution in [2.75, 3.05) is 6.54 Å². The zero-order valence-corrected chi connectivity index (χ0v) is 18.0. The molecule has 0 amide bonds. The van der Waals surface area contributed by atoms with Crippen LogP contribution in [0.1, 0.15) is 59.1 Å². The average Bonchev–Trinajstić information content (AvgIpc) is 2.90. The minimum absolute atomic E-state index is 0.126. The summed E-state index contributed by atoms with van der Waals surface area (Å²) in [5.41, 5.74) is 2.39. The Bertz CT molecular complexity index is 847. The van der Waals surface area contributed by atoms with Crippen LogP contribution >= 0.6 is 0 Å². The number of likely N-dealkylation sites (tertiary alicyclic amines) is 1. The van der Waals surface area contributed by atoms with Crippen molar-refractivity contribution in [1.82, 2.24) is 4.90 Å². The molecule has 28 heavy (non-hydrogen) atoms. The molecule has 0 aromatic heterocycles. The van der Waals surface area contributed by atoms with E-state index in [9.17, 15) is 5.11 Å². The fourth-order valence-electron chi connectivity index (χ4n) is 6.29. The molecular formula is C24H33NO3. The molecule has 1 unspecified atom stereocenters. The van der Waals surface area contributed by atoms with E-state index in [4.69, 9.17) is 9.47 Å². The molecule has 4 heteroatoms. The zero-order chi connectivity index (χ0) is 20.1. The predicted octanol–water partition coefficient (Wildman–Crippen LogP) is 3.84. The minimum Gasteiger partial charge on any atom is -0.484 e. The monoisotopic (exact) mass is 383 g/mol. The van der Waals surface area contributed by atoms with E-state index in [0.717, 1.165) is 30.9 Å². The normalized spacial score (nSPS) is 36.1. The number of aliphatic hydroxyl groups excluding tert-OH is 1. The van der Waals surface area contributed by atoms with Gasteiger partial charge in [-0.05, 0) is 72.6 Å². The summed E-state index contributed by atoms with van der Waals surface area (Å²) in [5.74, 6) is 2.07. The van der Waals surface area contributed by atoms with Crippen molar-refractivity contribution < 1.29 is 14.6 Å². The van der Waals surface area contributed by atoms with E-state index in [-0.39, 0.29) is 22.7 Å². The van der Waals surface area contributed by atoms with Crippen molar-refractivity contribution in [2.24, 2.45) is 5.92 Å². The average molecular weight is 384 g/mol. The maximum absolute atomic E-state index is 10.9. The molecule has 0 radical (unpaired) electrons. The van der Waals surface area contributed by atoms with Crippen LogP contribution in [0.4, 0.5) is 0 Å². The largest absolute Gasteiger partial charge is 0.484 e. The zero-order valence-electron chi connectivity index (χ0n) is 18.0. The second kappa shape index (κ2) is 5.54. The smallest absolute Gasteiger partial charge is 0.166 e. The van der Waals surface area contributed by atoms with Gasteiger partial charge in [-0.2, -0.15) is 0 Å². The predicted molar refractivity (Wildman–Crippen MR) is 110 cm³/mol. The molecule has 2 aliphatic carbocycles. The maximum Gasteiger partial charge on any atom is 0.166 e. The number of benzene rings is 1. The van der Waals surface area contributed by atoms with Crippen molar-refractivity contribution in [3.63, 3.8) is 0 Å². The molecule has 5 atom stereocenters. The van der Waals surface area contributed by atoms with Gasteiger partial charge in [0.15, 0.2) is 11.5 Å². The summed E-state index contributed by atoms with van der Waals surface area (Å²) in [4.78, 5) is 2.67. The summed E-state index contributed by atoms with van der Waals surface area (Å²) >= 11 is 0. The summed E-state index contributed by atoms with van der Waals surface area (Å²) in [6, 6.07) is 4.76. The van der Waals surface area contributed by atoms with E-state index in [1.807, 2.05) is 6.08 Å². The third kappa shape index (κ3) is 2.37. The summed E-state index contributed by atoms with van der Waals surface area (Å²) in [6.07, 6.45) is 5.50. The van der Waals surface area contributed by atoms with Gasteiger partial charge in [0.2, 0.25) is 0 Å². The summed E-state index contributed by atoms with van der Waals surface area (Å²) in [6.45, 7) is 14.2. The van der Waals surface area contributed by atoms with E-state index < -0.39 is 6.10 Å². The third-order valence-electron chi connectivity index (χ3n) is 7.13. The summed E-state index contributed by atoms with van der Waals surface area (Å²) in [5, 5.41) is 10.9. The highest BCUT2D eigenvalue weighted by atomic mass is 16.5. The molecular weight excluding hydrogens is 350 g/mol. The van der Waals surface area contributed by atoms with Crippen LogP contribution in [0, 0.1) is 5.92 Å². The van der Waals surface area contributed by atoms with E-state index in [1.54, 1.807) is 0 Å². The number of hydrogen-bond donors (Lipinski definition) is 1. The van der Waals surface area contributed by atoms with Crippen molar-refractivity contribution in [1.29, 1.82) is 0 Å². The number of piperidine rings is 1. The molecule has 1 aromatic rings. The molecule has 2 heterocycles. The van der Waals surface area contributed by atoms with Gasteiger partial charge >= 0.3 is 0 Å². The highest BCUT2D eigenvalue weighted by molar-refractivity contribution is 5.62. The van der Waals surface area contributed by atoms with Gasteiger partial charge < -0.3 is 14.6 Å². The maximum atomic E-state index is 10.9. The Labute approximate surface area is 168 Å². The molecule has 5 rings (SSSR count). The first kappa shape index (κ1) is 18.5. The van der Waals surface area contributed by atoms with Gasteiger partial charge in [-0.15, -0.1) is 0 Å². The van der Waals surface area contributed by atoms with Crippen LogP contribution < -0.4 is 9.47 Å². The van der Waals surface area contributed by atoms with Crippen molar-refractivity contribution in [3.8, 4) is 11.5 Å². The van der Waals surface area contributed by atoms with Gasteiger partial charge in [-0.25, -0.2) is 0 Å². The highest BCUT2D eigenvalue weighted by Gasteiger charge is 2.65. The molecule has 1 spiro atoms. The first-order valence-electron chi connectivity index (χ1n) is 10.7. The van der Waals surface area contributed by atoms with Crippen LogP contribution in [-0.2, 0) is 11.8 Å². The molecule has 1 aromatic carbocycles. The molecule has 1 fully saturated rings. The van der Waals surface area contributed by atoms with E-state index >= 15 is 0 Å². The second-order valence-electron chi connectivity index (χ2n) is 11.0. The molecule has 152 valence electrons. The van der Waals surface area contributed by atoms with Gasteiger partial charge in [-0.1, -0.05) is 18.2 Å². The van der Waals surface area contributed by atoms with Crippen LogP contribution in [0.5, 0.6) is 11.5 Å². The Balaban J connectivity index is 1.70. The Morgan fingerprint density at radius 1 is 1.14 bits per heavy atom. The van der Waals surface area contributed by atoms with Crippen LogP contribution in [-0.4, -0.2) is 45.9 Å². The van der Waals surface area contributed by atoms with Crippen LogP contribution in [0.15, 0.2) is 24.3 Å². The van der Waals surface area contributed by atoms with Gasteiger partial charge in [-0.3, -0.25) is 4.90 Å². The lowest BCUT2D eigenvalue weighted by molar-refractivity contribution is -0.0750. The molecule has 0 saturated carbocycles. The fourth-order valence-corrected chi connectivity index (χ4v) is 6.29. The van der Waals surface area contributed by atoms with Crippen LogP contribution in [0.3, 0.4) is 0 Å². The molecule has 2 bridgehead atoms. The Morgan fingerprint density at radius 2 is 1.89 bits per heavy atom. The number of ether oxygens (including phenoxy) is 2. The Kier molecular flexibility index (Phi) is 3.66. The van der Waals surface area contributed by atoms with Crippen molar-refractivity contribution >= 4 is 0 Å². The summed E-state index contributed by atoms with van der Waals surface area (Å²) in [7, 11) is 0. The van der Waals surface area contributed by atoms with E-state index in [2.05, 4.69) is 64.7 Å². The molecule has 1 saturated heterocycles. The van der Waals surface area contributed by atoms with Crippen molar-refractivity contribution in [3.05, 3.63) is 35.4 Å². The first-order chi connectivity index (χ1) is 13.0. The fraction of sp³-hybridized carbons (Fsp3) is 0.667. The highest BCUT2D eigenvalue weighted by Crippen LogP contribution is 2.63. The lowest BCUT2D eigenvalue weighted by Crippen LogP contribution is -2.68. The van der Waals surface area contributed by atoms with E-state index in [0.29, 0.717) is 12.0 Å².